The smallest absolute Gasteiger partial charge is 0.0499 e. The third-order valence-corrected chi connectivity index (χ3v) is 4.31. The fraction of sp³-hybridized carbons (Fsp3) is 0.0909. The first-order valence-electron chi connectivity index (χ1n) is 4.44. The standard InChI is InChI=1S/C11H9BrClNS/c12-9-3-4-15-11(9)8-2-1-7(6-14)5-10(8)13/h1-5H,6,14H2. The van der Waals surface area contributed by atoms with Crippen molar-refractivity contribution in [2.24, 2.45) is 5.73 Å². The van der Waals surface area contributed by atoms with E-state index in [0.717, 1.165) is 25.5 Å². The van der Waals surface area contributed by atoms with Crippen LogP contribution in [0.2, 0.25) is 5.02 Å². The SMILES string of the molecule is NCc1ccc(-c2sccc2Br)c(Cl)c1. The van der Waals surface area contributed by atoms with E-state index in [1.54, 1.807) is 11.3 Å². The quantitative estimate of drug-likeness (QED) is 0.880. The van der Waals surface area contributed by atoms with E-state index in [1.807, 2.05) is 29.6 Å². The number of rotatable bonds is 2. The zero-order chi connectivity index (χ0) is 10.8. The van der Waals surface area contributed by atoms with Crippen molar-refractivity contribution in [2.45, 2.75) is 6.54 Å². The van der Waals surface area contributed by atoms with Crippen LogP contribution in [0.15, 0.2) is 34.1 Å². The Kier molecular flexibility index (Phi) is 3.46. The summed E-state index contributed by atoms with van der Waals surface area (Å²) in [5, 5.41) is 2.79. The van der Waals surface area contributed by atoms with Crippen LogP contribution in [0, 0.1) is 0 Å². The minimum atomic E-state index is 0.519. The van der Waals surface area contributed by atoms with Gasteiger partial charge < -0.3 is 5.73 Å². The van der Waals surface area contributed by atoms with Crippen molar-refractivity contribution in [1.82, 2.24) is 0 Å². The van der Waals surface area contributed by atoms with Crippen molar-refractivity contribution in [3.8, 4) is 10.4 Å². The van der Waals surface area contributed by atoms with Crippen LogP contribution in [-0.2, 0) is 6.54 Å². The number of thiophene rings is 1. The third-order valence-electron chi connectivity index (χ3n) is 2.13. The van der Waals surface area contributed by atoms with Crippen LogP contribution in [0.5, 0.6) is 0 Å². The van der Waals surface area contributed by atoms with Crippen molar-refractivity contribution in [3.05, 3.63) is 44.7 Å². The molecule has 0 radical (unpaired) electrons. The Morgan fingerprint density at radius 3 is 2.67 bits per heavy atom. The van der Waals surface area contributed by atoms with E-state index in [-0.39, 0.29) is 0 Å². The molecule has 1 nitrogen and oxygen atoms in total. The molecular formula is C11H9BrClNS. The van der Waals surface area contributed by atoms with E-state index in [1.165, 1.54) is 0 Å². The molecule has 2 rings (SSSR count). The Balaban J connectivity index is 2.50. The highest BCUT2D eigenvalue weighted by molar-refractivity contribution is 9.10. The van der Waals surface area contributed by atoms with Crippen LogP contribution in [0.25, 0.3) is 10.4 Å². The lowest BCUT2D eigenvalue weighted by molar-refractivity contribution is 1.07. The maximum absolute atomic E-state index is 6.20. The van der Waals surface area contributed by atoms with Gasteiger partial charge in [-0.2, -0.15) is 0 Å². The summed E-state index contributed by atoms with van der Waals surface area (Å²) in [6.45, 7) is 0.519. The van der Waals surface area contributed by atoms with Crippen molar-refractivity contribution >= 4 is 38.9 Å². The molecule has 0 aliphatic heterocycles. The van der Waals surface area contributed by atoms with Gasteiger partial charge in [0, 0.05) is 26.5 Å². The zero-order valence-corrected chi connectivity index (χ0v) is 11.0. The van der Waals surface area contributed by atoms with Gasteiger partial charge >= 0.3 is 0 Å². The molecular weight excluding hydrogens is 294 g/mol. The summed E-state index contributed by atoms with van der Waals surface area (Å²) >= 11 is 11.4. The molecule has 0 spiro atoms. The lowest BCUT2D eigenvalue weighted by atomic mass is 10.1. The molecule has 78 valence electrons. The highest BCUT2D eigenvalue weighted by Crippen LogP contribution is 2.37. The second kappa shape index (κ2) is 4.66. The van der Waals surface area contributed by atoms with E-state index in [4.69, 9.17) is 17.3 Å². The Morgan fingerprint density at radius 2 is 2.13 bits per heavy atom. The maximum atomic E-state index is 6.20. The molecule has 0 saturated carbocycles. The van der Waals surface area contributed by atoms with E-state index in [0.29, 0.717) is 6.54 Å². The molecule has 1 aromatic carbocycles. The maximum Gasteiger partial charge on any atom is 0.0499 e. The van der Waals surface area contributed by atoms with Gasteiger partial charge in [-0.15, -0.1) is 11.3 Å². The van der Waals surface area contributed by atoms with Crippen molar-refractivity contribution < 1.29 is 0 Å². The van der Waals surface area contributed by atoms with Gasteiger partial charge in [0.1, 0.15) is 0 Å². The van der Waals surface area contributed by atoms with Crippen LogP contribution < -0.4 is 5.73 Å². The Hall–Kier alpha value is -0.350. The molecule has 0 saturated heterocycles. The second-order valence-electron chi connectivity index (χ2n) is 3.12. The predicted octanol–water partition coefficient (Wildman–Crippen LogP) is 4.29. The fourth-order valence-electron chi connectivity index (χ4n) is 1.36. The van der Waals surface area contributed by atoms with Crippen LogP contribution in [-0.4, -0.2) is 0 Å². The number of hydrogen-bond acceptors (Lipinski definition) is 2. The summed E-state index contributed by atoms with van der Waals surface area (Å²) in [6, 6.07) is 7.96. The average Bonchev–Trinajstić information content (AvgIpc) is 2.64. The summed E-state index contributed by atoms with van der Waals surface area (Å²) in [5.74, 6) is 0. The second-order valence-corrected chi connectivity index (χ2v) is 5.29. The van der Waals surface area contributed by atoms with Crippen LogP contribution in [0.1, 0.15) is 5.56 Å². The summed E-state index contributed by atoms with van der Waals surface area (Å²) in [4.78, 5) is 1.16. The van der Waals surface area contributed by atoms with Gasteiger partial charge in [0.25, 0.3) is 0 Å². The average molecular weight is 303 g/mol. The normalized spacial score (nSPS) is 10.6. The van der Waals surface area contributed by atoms with Gasteiger partial charge in [-0.05, 0) is 39.0 Å². The lowest BCUT2D eigenvalue weighted by Crippen LogP contribution is -1.95. The van der Waals surface area contributed by atoms with Gasteiger partial charge in [0.05, 0.1) is 0 Å². The molecule has 2 N–H and O–H groups in total. The van der Waals surface area contributed by atoms with Crippen LogP contribution >= 0.6 is 38.9 Å². The third kappa shape index (κ3) is 2.26. The Labute approximate surface area is 106 Å². The first-order chi connectivity index (χ1) is 7.22. The molecule has 0 amide bonds. The monoisotopic (exact) mass is 301 g/mol. The summed E-state index contributed by atoms with van der Waals surface area (Å²) < 4.78 is 1.08. The highest BCUT2D eigenvalue weighted by Gasteiger charge is 2.08. The van der Waals surface area contributed by atoms with E-state index < -0.39 is 0 Å². The van der Waals surface area contributed by atoms with Crippen LogP contribution in [0.4, 0.5) is 0 Å². The number of halogens is 2. The van der Waals surface area contributed by atoms with Gasteiger partial charge in [-0.1, -0.05) is 23.7 Å². The molecule has 0 fully saturated rings. The van der Waals surface area contributed by atoms with Crippen molar-refractivity contribution in [1.29, 1.82) is 0 Å². The minimum absolute atomic E-state index is 0.519. The van der Waals surface area contributed by atoms with Crippen molar-refractivity contribution in [3.63, 3.8) is 0 Å². The molecule has 0 bridgehead atoms. The summed E-state index contributed by atoms with van der Waals surface area (Å²) in [6.07, 6.45) is 0. The van der Waals surface area contributed by atoms with Gasteiger partial charge in [-0.3, -0.25) is 0 Å². The number of nitrogens with two attached hydrogens (primary N) is 1. The van der Waals surface area contributed by atoms with E-state index >= 15 is 0 Å². The number of hydrogen-bond donors (Lipinski definition) is 1. The molecule has 15 heavy (non-hydrogen) atoms. The fourth-order valence-corrected chi connectivity index (χ4v) is 3.34. The molecule has 0 aliphatic rings. The molecule has 0 aliphatic carbocycles. The van der Waals surface area contributed by atoms with Gasteiger partial charge in [0.15, 0.2) is 0 Å². The first kappa shape index (κ1) is 11.1. The van der Waals surface area contributed by atoms with E-state index in [2.05, 4.69) is 15.9 Å². The highest BCUT2D eigenvalue weighted by atomic mass is 79.9. The first-order valence-corrected chi connectivity index (χ1v) is 6.49. The van der Waals surface area contributed by atoms with Gasteiger partial charge in [0.2, 0.25) is 0 Å². The topological polar surface area (TPSA) is 26.0 Å². The predicted molar refractivity (Wildman–Crippen MR) is 70.4 cm³/mol. The van der Waals surface area contributed by atoms with Gasteiger partial charge in [-0.25, -0.2) is 0 Å². The van der Waals surface area contributed by atoms with E-state index in [9.17, 15) is 0 Å². The molecule has 0 unspecified atom stereocenters. The summed E-state index contributed by atoms with van der Waals surface area (Å²) in [5.41, 5.74) is 7.66. The number of benzene rings is 1. The largest absolute Gasteiger partial charge is 0.326 e. The zero-order valence-electron chi connectivity index (χ0n) is 7.84. The van der Waals surface area contributed by atoms with Crippen molar-refractivity contribution in [2.75, 3.05) is 0 Å². The summed E-state index contributed by atoms with van der Waals surface area (Å²) in [7, 11) is 0. The Morgan fingerprint density at radius 1 is 1.33 bits per heavy atom. The minimum Gasteiger partial charge on any atom is -0.326 e. The Bertz CT molecular complexity index is 481. The lowest BCUT2D eigenvalue weighted by Gasteiger charge is -2.04. The molecule has 0 atom stereocenters. The van der Waals surface area contributed by atoms with Crippen LogP contribution in [0.3, 0.4) is 0 Å². The molecule has 1 aromatic heterocycles. The molecule has 1 heterocycles. The molecule has 4 heteroatoms. The molecule has 2 aromatic rings.